The third-order valence-corrected chi connectivity index (χ3v) is 4.49. The van der Waals surface area contributed by atoms with Gasteiger partial charge in [-0.05, 0) is 44.0 Å². The summed E-state index contributed by atoms with van der Waals surface area (Å²) in [7, 11) is 1.60. The molecule has 1 aliphatic heterocycles. The quantitative estimate of drug-likeness (QED) is 0.878. The number of anilines is 2. The van der Waals surface area contributed by atoms with Crippen molar-refractivity contribution in [2.24, 2.45) is 5.92 Å². The number of carbonyl (C=O) groups is 2. The van der Waals surface area contributed by atoms with E-state index < -0.39 is 0 Å². The molecule has 136 valence electrons. The maximum Gasteiger partial charge on any atom is 0.254 e. The molecule has 0 radical (unpaired) electrons. The highest BCUT2D eigenvalue weighted by Gasteiger charge is 2.28. The summed E-state index contributed by atoms with van der Waals surface area (Å²) in [4.78, 5) is 35.5. The molecule has 0 saturated carbocycles. The Balaban J connectivity index is 1.73. The van der Waals surface area contributed by atoms with E-state index in [2.05, 4.69) is 20.6 Å². The van der Waals surface area contributed by atoms with Gasteiger partial charge >= 0.3 is 0 Å². The van der Waals surface area contributed by atoms with E-state index >= 15 is 0 Å². The summed E-state index contributed by atoms with van der Waals surface area (Å²) in [6.45, 7) is 3.19. The molecule has 0 bridgehead atoms. The second-order valence-corrected chi connectivity index (χ2v) is 6.39. The molecule has 1 atom stereocenters. The molecule has 7 heteroatoms. The first-order chi connectivity index (χ1) is 12.6. The molecule has 1 fully saturated rings. The molecule has 1 saturated heterocycles. The molecular weight excluding hydrogens is 330 g/mol. The highest BCUT2D eigenvalue weighted by molar-refractivity contribution is 5.99. The van der Waals surface area contributed by atoms with E-state index in [1.54, 1.807) is 31.4 Å². The minimum Gasteiger partial charge on any atom is -0.355 e. The first kappa shape index (κ1) is 17.8. The van der Waals surface area contributed by atoms with Crippen LogP contribution in [-0.2, 0) is 4.79 Å². The number of nitrogens with one attached hydrogen (secondary N) is 2. The predicted octanol–water partition coefficient (Wildman–Crippen LogP) is 2.00. The van der Waals surface area contributed by atoms with Crippen molar-refractivity contribution in [3.63, 3.8) is 0 Å². The number of rotatable bonds is 4. The Morgan fingerprint density at radius 3 is 2.85 bits per heavy atom. The lowest BCUT2D eigenvalue weighted by Crippen LogP contribution is -2.42. The number of aryl methyl sites for hydroxylation is 1. The zero-order valence-electron chi connectivity index (χ0n) is 15.0. The molecule has 2 aromatic rings. The average molecular weight is 353 g/mol. The molecular formula is C19H23N5O2. The number of nitrogens with zero attached hydrogens (tertiary/aromatic N) is 3. The van der Waals surface area contributed by atoms with E-state index in [9.17, 15) is 9.59 Å². The van der Waals surface area contributed by atoms with Gasteiger partial charge in [0.2, 0.25) is 5.91 Å². The smallest absolute Gasteiger partial charge is 0.254 e. The second kappa shape index (κ2) is 7.95. The predicted molar refractivity (Wildman–Crippen MR) is 100 cm³/mol. The number of aromatic nitrogens is 2. The average Bonchev–Trinajstić information content (AvgIpc) is 2.67. The van der Waals surface area contributed by atoms with Crippen LogP contribution in [0.15, 0.2) is 36.5 Å². The number of hydrogen-bond donors (Lipinski definition) is 2. The first-order valence-corrected chi connectivity index (χ1v) is 8.75. The summed E-state index contributed by atoms with van der Waals surface area (Å²) in [5.74, 6) is 0.786. The minimum atomic E-state index is -0.177. The highest BCUT2D eigenvalue weighted by atomic mass is 16.2. The van der Waals surface area contributed by atoms with Gasteiger partial charge in [-0.1, -0.05) is 6.07 Å². The van der Waals surface area contributed by atoms with Crippen LogP contribution in [0.3, 0.4) is 0 Å². The fourth-order valence-electron chi connectivity index (χ4n) is 3.19. The van der Waals surface area contributed by atoms with E-state index in [1.807, 2.05) is 24.0 Å². The van der Waals surface area contributed by atoms with Gasteiger partial charge in [-0.25, -0.2) is 9.97 Å². The molecule has 2 N–H and O–H groups in total. The SMILES string of the molecule is CNC(=O)c1cccnc1N1CCCC(C(=O)Nc2cccc(C)n2)C1. The van der Waals surface area contributed by atoms with Crippen molar-refractivity contribution in [1.82, 2.24) is 15.3 Å². The lowest BCUT2D eigenvalue weighted by atomic mass is 9.96. The number of pyridine rings is 2. The molecule has 2 amide bonds. The molecule has 26 heavy (non-hydrogen) atoms. The molecule has 3 heterocycles. The number of carbonyl (C=O) groups excluding carboxylic acids is 2. The van der Waals surface area contributed by atoms with E-state index in [0.29, 0.717) is 23.7 Å². The molecule has 3 rings (SSSR count). The third-order valence-electron chi connectivity index (χ3n) is 4.49. The van der Waals surface area contributed by atoms with Gasteiger partial charge in [0.05, 0.1) is 11.5 Å². The summed E-state index contributed by atoms with van der Waals surface area (Å²) in [5, 5.41) is 5.54. The van der Waals surface area contributed by atoms with E-state index in [0.717, 1.165) is 25.1 Å². The van der Waals surface area contributed by atoms with Crippen LogP contribution < -0.4 is 15.5 Å². The fraction of sp³-hybridized carbons (Fsp3) is 0.368. The number of hydrogen-bond acceptors (Lipinski definition) is 5. The second-order valence-electron chi connectivity index (χ2n) is 6.39. The highest BCUT2D eigenvalue weighted by Crippen LogP contribution is 2.25. The topological polar surface area (TPSA) is 87.2 Å². The van der Waals surface area contributed by atoms with Gasteiger partial charge in [0.1, 0.15) is 11.6 Å². The maximum absolute atomic E-state index is 12.7. The Morgan fingerprint density at radius 1 is 1.23 bits per heavy atom. The molecule has 0 spiro atoms. The van der Waals surface area contributed by atoms with Crippen LogP contribution >= 0.6 is 0 Å². The van der Waals surface area contributed by atoms with Crippen LogP contribution in [0.4, 0.5) is 11.6 Å². The Hall–Kier alpha value is -2.96. The van der Waals surface area contributed by atoms with E-state index in [1.165, 1.54) is 0 Å². The van der Waals surface area contributed by atoms with Gasteiger partial charge in [0.25, 0.3) is 5.91 Å². The summed E-state index contributed by atoms with van der Waals surface area (Å²) in [5.41, 5.74) is 1.38. The Kier molecular flexibility index (Phi) is 5.46. The molecule has 0 aromatic carbocycles. The van der Waals surface area contributed by atoms with Gasteiger partial charge in [-0.3, -0.25) is 9.59 Å². The zero-order chi connectivity index (χ0) is 18.5. The van der Waals surface area contributed by atoms with Crippen LogP contribution in [-0.4, -0.2) is 41.9 Å². The van der Waals surface area contributed by atoms with E-state index in [4.69, 9.17) is 0 Å². The Bertz CT molecular complexity index is 808. The normalized spacial score (nSPS) is 16.8. The molecule has 2 aromatic heterocycles. The maximum atomic E-state index is 12.7. The summed E-state index contributed by atoms with van der Waals surface area (Å²) >= 11 is 0. The number of amides is 2. The van der Waals surface area contributed by atoms with Crippen LogP contribution in [0.25, 0.3) is 0 Å². The van der Waals surface area contributed by atoms with Crippen molar-refractivity contribution in [1.29, 1.82) is 0 Å². The van der Waals surface area contributed by atoms with Gasteiger partial charge in [-0.15, -0.1) is 0 Å². The van der Waals surface area contributed by atoms with Crippen molar-refractivity contribution in [2.75, 3.05) is 30.4 Å². The van der Waals surface area contributed by atoms with Gasteiger partial charge in [0.15, 0.2) is 0 Å². The number of piperidine rings is 1. The summed E-state index contributed by atoms with van der Waals surface area (Å²) in [6, 6.07) is 9.04. The van der Waals surface area contributed by atoms with Crippen molar-refractivity contribution < 1.29 is 9.59 Å². The first-order valence-electron chi connectivity index (χ1n) is 8.75. The van der Waals surface area contributed by atoms with Crippen LogP contribution in [0.2, 0.25) is 0 Å². The van der Waals surface area contributed by atoms with Crippen molar-refractivity contribution in [3.05, 3.63) is 47.8 Å². The standard InChI is InChI=1S/C19H23N5O2/c1-13-6-3-9-16(22-13)23-18(25)14-7-5-11-24(12-14)17-15(19(26)20-2)8-4-10-21-17/h3-4,6,8-10,14H,5,7,11-12H2,1-2H3,(H,20,26)(H,22,23,25). The fourth-order valence-corrected chi connectivity index (χ4v) is 3.19. The van der Waals surface area contributed by atoms with Crippen LogP contribution in [0, 0.1) is 12.8 Å². The summed E-state index contributed by atoms with van der Waals surface area (Å²) < 4.78 is 0. The zero-order valence-corrected chi connectivity index (χ0v) is 15.0. The van der Waals surface area contributed by atoms with Gasteiger partial charge in [-0.2, -0.15) is 0 Å². The van der Waals surface area contributed by atoms with Crippen LogP contribution in [0.5, 0.6) is 0 Å². The van der Waals surface area contributed by atoms with Crippen LogP contribution in [0.1, 0.15) is 28.9 Å². The summed E-state index contributed by atoms with van der Waals surface area (Å²) in [6.07, 6.45) is 3.33. The monoisotopic (exact) mass is 353 g/mol. The Labute approximate surface area is 152 Å². The van der Waals surface area contributed by atoms with Gasteiger partial charge < -0.3 is 15.5 Å². The largest absolute Gasteiger partial charge is 0.355 e. The lowest BCUT2D eigenvalue weighted by Gasteiger charge is -2.33. The van der Waals surface area contributed by atoms with Crippen molar-refractivity contribution >= 4 is 23.5 Å². The Morgan fingerprint density at radius 2 is 2.08 bits per heavy atom. The van der Waals surface area contributed by atoms with E-state index in [-0.39, 0.29) is 17.7 Å². The van der Waals surface area contributed by atoms with Gasteiger partial charge in [0, 0.05) is 32.0 Å². The molecule has 0 aliphatic carbocycles. The molecule has 1 aliphatic rings. The molecule has 7 nitrogen and oxygen atoms in total. The molecule has 1 unspecified atom stereocenters. The van der Waals surface area contributed by atoms with Crippen molar-refractivity contribution in [3.8, 4) is 0 Å². The van der Waals surface area contributed by atoms with Crippen molar-refractivity contribution in [2.45, 2.75) is 19.8 Å². The third kappa shape index (κ3) is 3.99. The lowest BCUT2D eigenvalue weighted by molar-refractivity contribution is -0.120. The minimum absolute atomic E-state index is 0.0507.